The van der Waals surface area contributed by atoms with E-state index in [1.807, 2.05) is 30.3 Å². The Morgan fingerprint density at radius 2 is 1.28 bits per heavy atom. The van der Waals surface area contributed by atoms with Gasteiger partial charge < -0.3 is 9.73 Å². The minimum atomic E-state index is -0.0220. The molecule has 0 atom stereocenters. The summed E-state index contributed by atoms with van der Waals surface area (Å²) < 4.78 is 5.95. The molecule has 0 spiro atoms. The van der Waals surface area contributed by atoms with Crippen LogP contribution in [0.5, 0.6) is 0 Å². The zero-order valence-electron chi connectivity index (χ0n) is 13.4. The normalized spacial score (nSPS) is 12.6. The summed E-state index contributed by atoms with van der Waals surface area (Å²) in [6, 6.07) is 27.0. The van der Waals surface area contributed by atoms with Crippen LogP contribution < -0.4 is 5.32 Å². The summed E-state index contributed by atoms with van der Waals surface area (Å²) in [4.78, 5) is 0. The zero-order valence-corrected chi connectivity index (χ0v) is 13.4. The highest BCUT2D eigenvalue weighted by molar-refractivity contribution is 5.79. The molecule has 0 aliphatic heterocycles. The molecule has 0 unspecified atom stereocenters. The first-order valence-electron chi connectivity index (χ1n) is 8.24. The number of benzene rings is 3. The number of nitrogens with zero attached hydrogens (tertiary/aromatic N) is 2. The molecule has 1 aliphatic rings. The summed E-state index contributed by atoms with van der Waals surface area (Å²) in [6.07, 6.45) is 0. The summed E-state index contributed by atoms with van der Waals surface area (Å²) in [5, 5.41) is 11.6. The van der Waals surface area contributed by atoms with Gasteiger partial charge in [-0.15, -0.1) is 5.10 Å². The lowest BCUT2D eigenvalue weighted by Crippen LogP contribution is -1.99. The van der Waals surface area contributed by atoms with E-state index in [-0.39, 0.29) is 5.92 Å². The number of nitrogens with one attached hydrogen (secondary N) is 1. The van der Waals surface area contributed by atoms with E-state index >= 15 is 0 Å². The molecule has 4 aromatic rings. The summed E-state index contributed by atoms with van der Waals surface area (Å²) in [6.45, 7) is 0. The predicted molar refractivity (Wildman–Crippen MR) is 96.8 cm³/mol. The molecule has 0 saturated heterocycles. The van der Waals surface area contributed by atoms with Gasteiger partial charge in [-0.25, -0.2) is 0 Å². The first-order valence-corrected chi connectivity index (χ1v) is 8.24. The molecular formula is C21H15N3O. The SMILES string of the molecule is c1ccc(Nc2nnc(C3c4ccccc4-c4ccccc43)o2)cc1. The molecule has 5 rings (SSSR count). The summed E-state index contributed by atoms with van der Waals surface area (Å²) in [7, 11) is 0. The number of para-hydroxylation sites is 1. The van der Waals surface area contributed by atoms with Crippen LogP contribution in [0.1, 0.15) is 22.9 Å². The van der Waals surface area contributed by atoms with Crippen molar-refractivity contribution in [2.75, 3.05) is 5.32 Å². The smallest absolute Gasteiger partial charge is 0.320 e. The molecule has 1 N–H and O–H groups in total. The van der Waals surface area contributed by atoms with Crippen molar-refractivity contribution < 1.29 is 4.42 Å². The third kappa shape index (κ3) is 2.31. The van der Waals surface area contributed by atoms with Crippen LogP contribution in [-0.4, -0.2) is 10.2 Å². The van der Waals surface area contributed by atoms with Gasteiger partial charge in [-0.3, -0.25) is 0 Å². The minimum absolute atomic E-state index is 0.0220. The minimum Gasteiger partial charge on any atom is -0.407 e. The van der Waals surface area contributed by atoms with Gasteiger partial charge in [0, 0.05) is 5.69 Å². The molecular weight excluding hydrogens is 310 g/mol. The second-order valence-corrected chi connectivity index (χ2v) is 6.04. The molecule has 0 radical (unpaired) electrons. The third-order valence-electron chi connectivity index (χ3n) is 4.55. The van der Waals surface area contributed by atoms with Crippen LogP contribution in [0.15, 0.2) is 83.3 Å². The largest absolute Gasteiger partial charge is 0.407 e. The van der Waals surface area contributed by atoms with E-state index in [1.54, 1.807) is 0 Å². The molecule has 4 nitrogen and oxygen atoms in total. The van der Waals surface area contributed by atoms with Gasteiger partial charge in [0.1, 0.15) is 0 Å². The fourth-order valence-corrected chi connectivity index (χ4v) is 3.47. The Hall–Kier alpha value is -3.40. The van der Waals surface area contributed by atoms with Gasteiger partial charge in [0.2, 0.25) is 5.89 Å². The number of anilines is 2. The Labute approximate surface area is 145 Å². The van der Waals surface area contributed by atoms with E-state index in [0.717, 1.165) is 5.69 Å². The van der Waals surface area contributed by atoms with Crippen molar-refractivity contribution in [2.45, 2.75) is 5.92 Å². The Balaban J connectivity index is 1.56. The predicted octanol–water partition coefficient (Wildman–Crippen LogP) is 4.97. The van der Waals surface area contributed by atoms with Gasteiger partial charge in [0.05, 0.1) is 5.92 Å². The third-order valence-corrected chi connectivity index (χ3v) is 4.55. The molecule has 120 valence electrons. The van der Waals surface area contributed by atoms with Gasteiger partial charge >= 0.3 is 6.01 Å². The molecule has 0 saturated carbocycles. The van der Waals surface area contributed by atoms with Gasteiger partial charge in [-0.05, 0) is 34.4 Å². The highest BCUT2D eigenvalue weighted by Gasteiger charge is 2.33. The summed E-state index contributed by atoms with van der Waals surface area (Å²) >= 11 is 0. The lowest BCUT2D eigenvalue weighted by molar-refractivity contribution is 0.504. The Kier molecular flexibility index (Phi) is 3.13. The van der Waals surface area contributed by atoms with Crippen molar-refractivity contribution in [3.63, 3.8) is 0 Å². The Bertz CT molecular complexity index is 994. The van der Waals surface area contributed by atoms with E-state index in [4.69, 9.17) is 4.42 Å². The first kappa shape index (κ1) is 14.0. The van der Waals surface area contributed by atoms with E-state index in [9.17, 15) is 0 Å². The van der Waals surface area contributed by atoms with Crippen molar-refractivity contribution in [3.05, 3.63) is 95.9 Å². The second kappa shape index (κ2) is 5.60. The highest BCUT2D eigenvalue weighted by Crippen LogP contribution is 2.47. The quantitative estimate of drug-likeness (QED) is 0.508. The van der Waals surface area contributed by atoms with Crippen molar-refractivity contribution in [3.8, 4) is 11.1 Å². The molecule has 3 aromatic carbocycles. The zero-order chi connectivity index (χ0) is 16.6. The Morgan fingerprint density at radius 1 is 0.680 bits per heavy atom. The van der Waals surface area contributed by atoms with Gasteiger partial charge in [0.25, 0.3) is 0 Å². The van der Waals surface area contributed by atoms with Gasteiger partial charge in [0.15, 0.2) is 0 Å². The maximum absolute atomic E-state index is 5.95. The van der Waals surface area contributed by atoms with Crippen LogP contribution in [0.25, 0.3) is 11.1 Å². The number of aromatic nitrogens is 2. The molecule has 0 fully saturated rings. The summed E-state index contributed by atoms with van der Waals surface area (Å²) in [5.41, 5.74) is 5.81. The van der Waals surface area contributed by atoms with Crippen molar-refractivity contribution in [1.82, 2.24) is 10.2 Å². The number of hydrogen-bond acceptors (Lipinski definition) is 4. The van der Waals surface area contributed by atoms with Gasteiger partial charge in [-0.1, -0.05) is 71.8 Å². The van der Waals surface area contributed by atoms with Crippen molar-refractivity contribution >= 4 is 11.7 Å². The van der Waals surface area contributed by atoms with Crippen LogP contribution >= 0.6 is 0 Å². The molecule has 4 heteroatoms. The van der Waals surface area contributed by atoms with Crippen LogP contribution in [0.2, 0.25) is 0 Å². The fourth-order valence-electron chi connectivity index (χ4n) is 3.47. The van der Waals surface area contributed by atoms with Crippen LogP contribution in [0.4, 0.5) is 11.7 Å². The van der Waals surface area contributed by atoms with Crippen molar-refractivity contribution in [2.24, 2.45) is 0 Å². The van der Waals surface area contributed by atoms with Gasteiger partial charge in [-0.2, -0.15) is 0 Å². The van der Waals surface area contributed by atoms with E-state index in [2.05, 4.69) is 64.0 Å². The lowest BCUT2D eigenvalue weighted by atomic mass is 9.97. The van der Waals surface area contributed by atoms with E-state index < -0.39 is 0 Å². The monoisotopic (exact) mass is 325 g/mol. The molecule has 0 bridgehead atoms. The standard InChI is InChI=1S/C21H15N3O/c1-2-8-14(9-3-1)22-21-24-23-20(25-21)19-17-12-6-4-10-15(17)16-11-5-7-13-18(16)19/h1-13,19H,(H,22,24). The average Bonchev–Trinajstić information content (AvgIpc) is 3.24. The number of hydrogen-bond donors (Lipinski definition) is 1. The maximum atomic E-state index is 5.95. The highest BCUT2D eigenvalue weighted by atomic mass is 16.4. The average molecular weight is 325 g/mol. The number of rotatable bonds is 3. The van der Waals surface area contributed by atoms with Crippen molar-refractivity contribution in [1.29, 1.82) is 0 Å². The summed E-state index contributed by atoms with van der Waals surface area (Å²) in [5.74, 6) is 0.585. The molecule has 25 heavy (non-hydrogen) atoms. The molecule has 0 amide bonds. The van der Waals surface area contributed by atoms with E-state index in [1.165, 1.54) is 22.3 Å². The molecule has 1 aromatic heterocycles. The van der Waals surface area contributed by atoms with E-state index in [0.29, 0.717) is 11.9 Å². The maximum Gasteiger partial charge on any atom is 0.320 e. The van der Waals surface area contributed by atoms with Crippen LogP contribution in [0, 0.1) is 0 Å². The van der Waals surface area contributed by atoms with Crippen LogP contribution in [-0.2, 0) is 0 Å². The second-order valence-electron chi connectivity index (χ2n) is 6.04. The number of fused-ring (bicyclic) bond motifs is 3. The van der Waals surface area contributed by atoms with Crippen LogP contribution in [0.3, 0.4) is 0 Å². The fraction of sp³-hybridized carbons (Fsp3) is 0.0476. The lowest BCUT2D eigenvalue weighted by Gasteiger charge is -2.08. The first-order chi connectivity index (χ1) is 12.4. The Morgan fingerprint density at radius 3 is 1.96 bits per heavy atom. The molecule has 1 aliphatic carbocycles. The molecule has 1 heterocycles. The topological polar surface area (TPSA) is 51.0 Å².